The van der Waals surface area contributed by atoms with Crippen LogP contribution in [-0.2, 0) is 10.0 Å². The molecule has 2 aromatic rings. The highest BCUT2D eigenvalue weighted by atomic mass is 32.2. The average Bonchev–Trinajstić information content (AvgIpc) is 3.48. The molecule has 3 rings (SSSR count). The molecular formula is C20H25N3O5S. The van der Waals surface area contributed by atoms with E-state index in [-0.39, 0.29) is 23.2 Å². The van der Waals surface area contributed by atoms with Crippen molar-refractivity contribution < 1.29 is 22.7 Å². The summed E-state index contributed by atoms with van der Waals surface area (Å²) in [7, 11) is -2.18. The number of urea groups is 1. The van der Waals surface area contributed by atoms with Gasteiger partial charge < -0.3 is 20.1 Å². The van der Waals surface area contributed by atoms with Gasteiger partial charge in [-0.05, 0) is 55.7 Å². The number of carbonyl (C=O) groups is 1. The second-order valence-corrected chi connectivity index (χ2v) is 8.52. The van der Waals surface area contributed by atoms with E-state index in [4.69, 9.17) is 9.47 Å². The molecule has 0 radical (unpaired) electrons. The number of rotatable bonds is 9. The van der Waals surface area contributed by atoms with Crippen molar-refractivity contribution in [2.45, 2.75) is 30.7 Å². The number of hydrogen-bond donors (Lipinski definition) is 3. The van der Waals surface area contributed by atoms with Gasteiger partial charge in [-0.2, -0.15) is 0 Å². The molecule has 8 nitrogen and oxygen atoms in total. The molecule has 2 aromatic carbocycles. The molecule has 0 atom stereocenters. The Morgan fingerprint density at radius 3 is 2.66 bits per heavy atom. The van der Waals surface area contributed by atoms with Crippen molar-refractivity contribution in [3.05, 3.63) is 48.0 Å². The fraction of sp³-hybridized carbons (Fsp3) is 0.350. The van der Waals surface area contributed by atoms with Gasteiger partial charge in [0, 0.05) is 6.04 Å². The van der Waals surface area contributed by atoms with Crippen LogP contribution in [0.1, 0.15) is 18.4 Å². The van der Waals surface area contributed by atoms with Crippen molar-refractivity contribution >= 4 is 21.7 Å². The maximum absolute atomic E-state index is 12.4. The fourth-order valence-corrected chi connectivity index (χ4v) is 3.98. The van der Waals surface area contributed by atoms with Gasteiger partial charge in [0.2, 0.25) is 10.0 Å². The third-order valence-electron chi connectivity index (χ3n) is 4.27. The number of hydrogen-bond acceptors (Lipinski definition) is 5. The molecule has 0 heterocycles. The van der Waals surface area contributed by atoms with Gasteiger partial charge in [0.05, 0.1) is 24.2 Å². The van der Waals surface area contributed by atoms with Gasteiger partial charge in [0.25, 0.3) is 0 Å². The van der Waals surface area contributed by atoms with Crippen molar-refractivity contribution in [3.63, 3.8) is 0 Å². The van der Waals surface area contributed by atoms with Crippen molar-refractivity contribution in [1.82, 2.24) is 10.0 Å². The summed E-state index contributed by atoms with van der Waals surface area (Å²) in [4.78, 5) is 12.3. The number of methoxy groups -OCH3 is 1. The smallest absolute Gasteiger partial charge is 0.319 e. The zero-order valence-electron chi connectivity index (χ0n) is 16.4. The molecule has 1 aliphatic rings. The van der Waals surface area contributed by atoms with Crippen LogP contribution in [0.2, 0.25) is 0 Å². The van der Waals surface area contributed by atoms with Gasteiger partial charge in [0.15, 0.2) is 0 Å². The van der Waals surface area contributed by atoms with Gasteiger partial charge in [-0.1, -0.05) is 12.1 Å². The Bertz CT molecular complexity index is 974. The van der Waals surface area contributed by atoms with Crippen molar-refractivity contribution in [2.24, 2.45) is 0 Å². The Morgan fingerprint density at radius 1 is 1.17 bits per heavy atom. The van der Waals surface area contributed by atoms with Gasteiger partial charge in [-0.3, -0.25) is 0 Å². The minimum absolute atomic E-state index is 0.00443. The predicted molar refractivity (Wildman–Crippen MR) is 110 cm³/mol. The molecule has 0 aromatic heterocycles. The van der Waals surface area contributed by atoms with Gasteiger partial charge in [-0.25, -0.2) is 17.9 Å². The van der Waals surface area contributed by atoms with Crippen LogP contribution in [-0.4, -0.2) is 40.8 Å². The van der Waals surface area contributed by atoms with Crippen LogP contribution in [0.3, 0.4) is 0 Å². The summed E-state index contributed by atoms with van der Waals surface area (Å²) in [5.41, 5.74) is 1.36. The average molecular weight is 420 g/mol. The molecule has 0 bridgehead atoms. The first-order chi connectivity index (χ1) is 13.9. The van der Waals surface area contributed by atoms with Gasteiger partial charge in [0.1, 0.15) is 18.1 Å². The van der Waals surface area contributed by atoms with Gasteiger partial charge >= 0.3 is 6.03 Å². The van der Waals surface area contributed by atoms with Crippen LogP contribution in [0, 0.1) is 6.92 Å². The Hall–Kier alpha value is -2.78. The number of sulfonamides is 1. The number of benzene rings is 2. The van der Waals surface area contributed by atoms with Crippen LogP contribution in [0.5, 0.6) is 11.5 Å². The first-order valence-corrected chi connectivity index (χ1v) is 10.8. The molecule has 0 spiro atoms. The highest BCUT2D eigenvalue weighted by Crippen LogP contribution is 2.29. The maximum Gasteiger partial charge on any atom is 0.319 e. The zero-order valence-corrected chi connectivity index (χ0v) is 17.2. The molecule has 0 aliphatic heterocycles. The molecule has 0 saturated heterocycles. The topological polar surface area (TPSA) is 106 Å². The van der Waals surface area contributed by atoms with E-state index < -0.39 is 16.1 Å². The van der Waals surface area contributed by atoms with Crippen LogP contribution >= 0.6 is 0 Å². The zero-order chi connectivity index (χ0) is 20.9. The molecular weight excluding hydrogens is 394 g/mol. The number of anilines is 1. The lowest BCUT2D eigenvalue weighted by atomic mass is 10.2. The van der Waals surface area contributed by atoms with E-state index in [1.807, 2.05) is 31.2 Å². The van der Waals surface area contributed by atoms with Gasteiger partial charge in [-0.15, -0.1) is 0 Å². The molecule has 3 N–H and O–H groups in total. The Balaban J connectivity index is 1.56. The highest BCUT2D eigenvalue weighted by molar-refractivity contribution is 7.89. The first kappa shape index (κ1) is 20.9. The second-order valence-electron chi connectivity index (χ2n) is 6.80. The van der Waals surface area contributed by atoms with E-state index >= 15 is 0 Å². The monoisotopic (exact) mass is 419 g/mol. The Labute approximate surface area is 170 Å². The van der Waals surface area contributed by atoms with Crippen molar-refractivity contribution in [2.75, 3.05) is 25.6 Å². The third kappa shape index (κ3) is 6.10. The summed E-state index contributed by atoms with van der Waals surface area (Å²) >= 11 is 0. The number of amides is 2. The Kier molecular flexibility index (Phi) is 6.60. The largest absolute Gasteiger partial charge is 0.495 e. The van der Waals surface area contributed by atoms with Crippen molar-refractivity contribution in [3.8, 4) is 11.5 Å². The van der Waals surface area contributed by atoms with Crippen LogP contribution in [0.25, 0.3) is 0 Å². The van der Waals surface area contributed by atoms with E-state index in [1.54, 1.807) is 0 Å². The quantitative estimate of drug-likeness (QED) is 0.542. The molecule has 156 valence electrons. The Morgan fingerprint density at radius 2 is 1.97 bits per heavy atom. The predicted octanol–water partition coefficient (Wildman–Crippen LogP) is 2.64. The van der Waals surface area contributed by atoms with Crippen LogP contribution in [0.4, 0.5) is 10.5 Å². The second kappa shape index (κ2) is 9.15. The lowest BCUT2D eigenvalue weighted by Gasteiger charge is -2.14. The normalized spacial score (nSPS) is 13.6. The number of ether oxygens (including phenoxy) is 2. The number of nitrogens with one attached hydrogen (secondary N) is 3. The summed E-state index contributed by atoms with van der Waals surface area (Å²) in [6.07, 6.45) is 1.68. The van der Waals surface area contributed by atoms with E-state index in [9.17, 15) is 13.2 Å². The van der Waals surface area contributed by atoms with E-state index in [0.717, 1.165) is 24.2 Å². The summed E-state index contributed by atoms with van der Waals surface area (Å²) in [6.45, 7) is 2.55. The van der Waals surface area contributed by atoms with E-state index in [1.165, 1.54) is 25.3 Å². The molecule has 0 unspecified atom stereocenters. The fourth-order valence-electron chi connectivity index (χ4n) is 2.65. The lowest BCUT2D eigenvalue weighted by Crippen LogP contribution is -2.32. The number of aryl methyl sites for hydroxylation is 1. The highest BCUT2D eigenvalue weighted by Gasteiger charge is 2.28. The summed E-state index contributed by atoms with van der Waals surface area (Å²) < 4.78 is 38.2. The standard InChI is InChI=1S/C20H25N3O5S/c1-14-4-3-5-16(12-14)28-11-10-21-20(24)22-18-13-17(8-9-19(18)27-2)29(25,26)23-15-6-7-15/h3-5,8-9,12-13,15,23H,6-7,10-11H2,1-2H3,(H2,21,22,24). The first-order valence-electron chi connectivity index (χ1n) is 9.32. The summed E-state index contributed by atoms with van der Waals surface area (Å²) in [6, 6.07) is 11.5. The van der Waals surface area contributed by atoms with Crippen LogP contribution < -0.4 is 24.8 Å². The molecule has 1 aliphatic carbocycles. The molecule has 9 heteroatoms. The lowest BCUT2D eigenvalue weighted by molar-refractivity contribution is 0.247. The van der Waals surface area contributed by atoms with Crippen LogP contribution in [0.15, 0.2) is 47.4 Å². The SMILES string of the molecule is COc1ccc(S(=O)(=O)NC2CC2)cc1NC(=O)NCCOc1cccc(C)c1. The molecule has 1 saturated carbocycles. The summed E-state index contributed by atoms with van der Waals surface area (Å²) in [5, 5.41) is 5.30. The molecule has 29 heavy (non-hydrogen) atoms. The molecule has 1 fully saturated rings. The number of carbonyl (C=O) groups excluding carboxylic acids is 1. The summed E-state index contributed by atoms with van der Waals surface area (Å²) in [5.74, 6) is 1.09. The molecule has 2 amide bonds. The van der Waals surface area contributed by atoms with E-state index in [2.05, 4.69) is 15.4 Å². The maximum atomic E-state index is 12.4. The minimum Gasteiger partial charge on any atom is -0.495 e. The minimum atomic E-state index is -3.63. The van der Waals surface area contributed by atoms with E-state index in [0.29, 0.717) is 12.4 Å². The van der Waals surface area contributed by atoms with Crippen molar-refractivity contribution in [1.29, 1.82) is 0 Å². The third-order valence-corrected chi connectivity index (χ3v) is 5.79.